The minimum absolute atomic E-state index is 0.376. The Morgan fingerprint density at radius 3 is 2.74 bits per heavy atom. The third kappa shape index (κ3) is 4.49. The molecule has 3 N–H and O–H groups in total. The molecule has 0 spiro atoms. The number of hydrogen-bond acceptors (Lipinski definition) is 3. The first-order chi connectivity index (χ1) is 8.85. The van der Waals surface area contributed by atoms with Gasteiger partial charge < -0.3 is 4.74 Å². The van der Waals surface area contributed by atoms with Crippen LogP contribution in [0.1, 0.15) is 36.9 Å². The molecular weight excluding hydrogens is 264 g/mol. The fourth-order valence-electron chi connectivity index (χ4n) is 1.85. The molecule has 5 nitrogen and oxygen atoms in total. The molecule has 0 aliphatic heterocycles. The minimum Gasteiger partial charge on any atom is -0.493 e. The highest BCUT2D eigenvalue weighted by atomic mass is 32.2. The summed E-state index contributed by atoms with van der Waals surface area (Å²) in [4.78, 5) is 0. The van der Waals surface area contributed by atoms with Gasteiger partial charge in [-0.25, -0.2) is 5.14 Å². The van der Waals surface area contributed by atoms with E-state index in [1.165, 1.54) is 12.8 Å². The number of nitrogens with one attached hydrogen (secondary N) is 1. The van der Waals surface area contributed by atoms with Crippen LogP contribution in [0.5, 0.6) is 5.75 Å². The largest absolute Gasteiger partial charge is 0.493 e. The molecular formula is C13H20N2O3S. The number of aryl methyl sites for hydroxylation is 1. The van der Waals surface area contributed by atoms with Gasteiger partial charge in [-0.3, -0.25) is 0 Å². The fourth-order valence-corrected chi connectivity index (χ4v) is 2.48. The average Bonchev–Trinajstić information content (AvgIpc) is 3.09. The minimum atomic E-state index is -3.70. The first-order valence-corrected chi connectivity index (χ1v) is 7.93. The van der Waals surface area contributed by atoms with Gasteiger partial charge in [0.2, 0.25) is 0 Å². The van der Waals surface area contributed by atoms with Gasteiger partial charge >= 0.3 is 0 Å². The lowest BCUT2D eigenvalue weighted by atomic mass is 10.1. The van der Waals surface area contributed by atoms with Crippen molar-refractivity contribution in [1.82, 2.24) is 4.72 Å². The second kappa shape index (κ2) is 5.48. The summed E-state index contributed by atoms with van der Waals surface area (Å²) in [7, 11) is -3.70. The molecule has 1 aromatic carbocycles. The van der Waals surface area contributed by atoms with Crippen LogP contribution >= 0.6 is 0 Å². The van der Waals surface area contributed by atoms with Crippen molar-refractivity contribution >= 4 is 10.2 Å². The maximum absolute atomic E-state index is 11.0. The molecule has 106 valence electrons. The number of rotatable bonds is 6. The SMILES string of the molecule is Cc1ccc([C@H](C)NS(N)(=O)=O)cc1OCC1CC1. The number of ether oxygens (including phenoxy) is 1. The third-order valence-corrected chi connectivity index (χ3v) is 3.91. The van der Waals surface area contributed by atoms with Gasteiger partial charge in [0.1, 0.15) is 5.75 Å². The Labute approximate surface area is 114 Å². The second-order valence-electron chi connectivity index (χ2n) is 5.16. The molecule has 1 atom stereocenters. The molecule has 0 amide bonds. The van der Waals surface area contributed by atoms with E-state index in [1.807, 2.05) is 25.1 Å². The van der Waals surface area contributed by atoms with Crippen LogP contribution in [0.4, 0.5) is 0 Å². The van der Waals surface area contributed by atoms with Gasteiger partial charge in [0.25, 0.3) is 10.2 Å². The van der Waals surface area contributed by atoms with E-state index >= 15 is 0 Å². The van der Waals surface area contributed by atoms with E-state index in [0.717, 1.165) is 23.5 Å². The molecule has 19 heavy (non-hydrogen) atoms. The van der Waals surface area contributed by atoms with Crippen LogP contribution in [0.3, 0.4) is 0 Å². The van der Waals surface area contributed by atoms with Crippen LogP contribution in [-0.2, 0) is 10.2 Å². The van der Waals surface area contributed by atoms with Crippen LogP contribution in [0.25, 0.3) is 0 Å². The van der Waals surface area contributed by atoms with Crippen molar-refractivity contribution in [1.29, 1.82) is 0 Å². The molecule has 0 unspecified atom stereocenters. The Bertz CT molecular complexity index is 553. The van der Waals surface area contributed by atoms with Crippen LogP contribution in [0, 0.1) is 12.8 Å². The molecule has 0 bridgehead atoms. The Hall–Kier alpha value is -1.11. The summed E-state index contributed by atoms with van der Waals surface area (Å²) in [5, 5.41) is 4.98. The van der Waals surface area contributed by atoms with E-state index in [0.29, 0.717) is 5.92 Å². The zero-order valence-corrected chi connectivity index (χ0v) is 12.0. The Morgan fingerprint density at radius 1 is 1.47 bits per heavy atom. The molecule has 6 heteroatoms. The lowest BCUT2D eigenvalue weighted by Gasteiger charge is -2.15. The number of hydrogen-bond donors (Lipinski definition) is 2. The second-order valence-corrected chi connectivity index (χ2v) is 6.49. The maximum atomic E-state index is 11.0. The zero-order valence-electron chi connectivity index (χ0n) is 11.2. The third-order valence-electron chi connectivity index (χ3n) is 3.22. The van der Waals surface area contributed by atoms with Gasteiger partial charge in [-0.2, -0.15) is 13.1 Å². The molecule has 0 saturated heterocycles. The molecule has 1 saturated carbocycles. The van der Waals surface area contributed by atoms with Gasteiger partial charge in [0.05, 0.1) is 6.61 Å². The highest BCUT2D eigenvalue weighted by Crippen LogP contribution is 2.31. The zero-order chi connectivity index (χ0) is 14.0. The highest BCUT2D eigenvalue weighted by molar-refractivity contribution is 7.87. The van der Waals surface area contributed by atoms with E-state index in [9.17, 15) is 8.42 Å². The first kappa shape index (κ1) is 14.3. The van der Waals surface area contributed by atoms with Gasteiger partial charge in [-0.15, -0.1) is 0 Å². The molecule has 0 heterocycles. The quantitative estimate of drug-likeness (QED) is 0.833. The molecule has 0 aromatic heterocycles. The summed E-state index contributed by atoms with van der Waals surface area (Å²) >= 11 is 0. The summed E-state index contributed by atoms with van der Waals surface area (Å²) in [6, 6.07) is 5.31. The molecule has 1 fully saturated rings. The van der Waals surface area contributed by atoms with Crippen LogP contribution in [0.2, 0.25) is 0 Å². The van der Waals surface area contributed by atoms with Crippen molar-refractivity contribution < 1.29 is 13.2 Å². The van der Waals surface area contributed by atoms with Gasteiger partial charge in [0.15, 0.2) is 0 Å². The number of benzene rings is 1. The number of nitrogens with two attached hydrogens (primary N) is 1. The molecule has 1 aliphatic rings. The van der Waals surface area contributed by atoms with Crippen molar-refractivity contribution in [2.24, 2.45) is 11.1 Å². The summed E-state index contributed by atoms with van der Waals surface area (Å²) in [6.07, 6.45) is 2.48. The van der Waals surface area contributed by atoms with Gasteiger partial charge in [-0.05, 0) is 49.8 Å². The first-order valence-electron chi connectivity index (χ1n) is 6.38. The van der Waals surface area contributed by atoms with E-state index in [4.69, 9.17) is 9.88 Å². The summed E-state index contributed by atoms with van der Waals surface area (Å²) in [5.41, 5.74) is 1.89. The average molecular weight is 284 g/mol. The lowest BCUT2D eigenvalue weighted by Crippen LogP contribution is -2.32. The van der Waals surface area contributed by atoms with Crippen LogP contribution in [-0.4, -0.2) is 15.0 Å². The molecule has 0 radical (unpaired) electrons. The van der Waals surface area contributed by atoms with Crippen molar-refractivity contribution in [3.8, 4) is 5.75 Å². The smallest absolute Gasteiger partial charge is 0.274 e. The fraction of sp³-hybridized carbons (Fsp3) is 0.538. The van der Waals surface area contributed by atoms with Gasteiger partial charge in [-0.1, -0.05) is 12.1 Å². The predicted molar refractivity (Wildman–Crippen MR) is 74.1 cm³/mol. The molecule has 1 aromatic rings. The Morgan fingerprint density at radius 2 is 2.16 bits per heavy atom. The van der Waals surface area contributed by atoms with E-state index in [2.05, 4.69) is 4.72 Å². The van der Waals surface area contributed by atoms with Crippen molar-refractivity contribution in [2.45, 2.75) is 32.7 Å². The predicted octanol–water partition coefficient (Wildman–Crippen LogP) is 1.64. The lowest BCUT2D eigenvalue weighted by molar-refractivity contribution is 0.297. The van der Waals surface area contributed by atoms with E-state index in [-0.39, 0.29) is 6.04 Å². The molecule has 2 rings (SSSR count). The highest BCUT2D eigenvalue weighted by Gasteiger charge is 2.22. The summed E-state index contributed by atoms with van der Waals surface area (Å²) in [6.45, 7) is 4.46. The van der Waals surface area contributed by atoms with Crippen LogP contribution in [0.15, 0.2) is 18.2 Å². The van der Waals surface area contributed by atoms with Crippen LogP contribution < -0.4 is 14.6 Å². The normalized spacial score (nSPS) is 17.2. The maximum Gasteiger partial charge on any atom is 0.274 e. The van der Waals surface area contributed by atoms with E-state index in [1.54, 1.807) is 6.92 Å². The van der Waals surface area contributed by atoms with Crippen molar-refractivity contribution in [2.75, 3.05) is 6.61 Å². The Balaban J connectivity index is 2.09. The molecule has 1 aliphatic carbocycles. The Kier molecular flexibility index (Phi) is 4.13. The summed E-state index contributed by atoms with van der Waals surface area (Å²) in [5.74, 6) is 1.50. The van der Waals surface area contributed by atoms with Crippen molar-refractivity contribution in [3.05, 3.63) is 29.3 Å². The van der Waals surface area contributed by atoms with Crippen molar-refractivity contribution in [3.63, 3.8) is 0 Å². The topological polar surface area (TPSA) is 81.4 Å². The van der Waals surface area contributed by atoms with E-state index < -0.39 is 10.2 Å². The standard InChI is InChI=1S/C13H20N2O3S/c1-9-3-6-12(10(2)15-19(14,16)17)7-13(9)18-8-11-4-5-11/h3,6-7,10-11,15H,4-5,8H2,1-2H3,(H2,14,16,17)/t10-/m0/s1. The summed E-state index contributed by atoms with van der Waals surface area (Å²) < 4.78 is 30.2. The monoisotopic (exact) mass is 284 g/mol. The van der Waals surface area contributed by atoms with Gasteiger partial charge in [0, 0.05) is 6.04 Å².